The Kier molecular flexibility index (Phi) is 5.93. The van der Waals surface area contributed by atoms with Crippen LogP contribution in [0.4, 0.5) is 0 Å². The first-order valence-corrected chi connectivity index (χ1v) is 10.1. The zero-order chi connectivity index (χ0) is 21.8. The van der Waals surface area contributed by atoms with E-state index >= 15 is 0 Å². The van der Waals surface area contributed by atoms with E-state index in [4.69, 9.17) is 23.4 Å². The van der Waals surface area contributed by atoms with E-state index in [1.54, 1.807) is 32.0 Å². The molecule has 0 N–H and O–H groups in total. The van der Waals surface area contributed by atoms with E-state index in [-0.39, 0.29) is 43.3 Å². The van der Waals surface area contributed by atoms with Gasteiger partial charge in [0.05, 0.1) is 13.2 Å². The molecule has 7 heteroatoms. The highest BCUT2D eigenvalue weighted by molar-refractivity contribution is 6.08. The Morgan fingerprint density at radius 2 is 1.55 bits per heavy atom. The van der Waals surface area contributed by atoms with Gasteiger partial charge in [-0.2, -0.15) is 0 Å². The van der Waals surface area contributed by atoms with Crippen LogP contribution in [0.1, 0.15) is 45.9 Å². The molecule has 4 rings (SSSR count). The van der Waals surface area contributed by atoms with Crippen LogP contribution in [-0.4, -0.2) is 31.9 Å². The summed E-state index contributed by atoms with van der Waals surface area (Å²) in [4.78, 5) is 25.7. The number of hydrogen-bond donors (Lipinski definition) is 0. The van der Waals surface area contributed by atoms with E-state index in [2.05, 4.69) is 0 Å². The maximum atomic E-state index is 12.9. The standard InChI is InChI=1S/C24H22O7/c1-3-27-23(25)20-19(13-15-10-11-17-18(12-15)30-14-29-17)31-22(16-8-6-5-7-9-16)21(20)24(26)28-4-2/h5-12H,3-4,13-14H2,1-2H3. The fourth-order valence-electron chi connectivity index (χ4n) is 3.45. The van der Waals surface area contributed by atoms with E-state index in [1.807, 2.05) is 30.3 Å². The smallest absolute Gasteiger partial charge is 0.342 e. The number of esters is 2. The molecule has 0 saturated heterocycles. The third-order valence-corrected chi connectivity index (χ3v) is 4.78. The van der Waals surface area contributed by atoms with Crippen molar-refractivity contribution in [3.63, 3.8) is 0 Å². The molecular weight excluding hydrogens is 400 g/mol. The largest absolute Gasteiger partial charge is 0.462 e. The van der Waals surface area contributed by atoms with Gasteiger partial charge in [0, 0.05) is 12.0 Å². The summed E-state index contributed by atoms with van der Waals surface area (Å²) >= 11 is 0. The summed E-state index contributed by atoms with van der Waals surface area (Å²) in [5, 5.41) is 0. The molecule has 0 aliphatic carbocycles. The maximum Gasteiger partial charge on any atom is 0.342 e. The van der Waals surface area contributed by atoms with Crippen molar-refractivity contribution >= 4 is 11.9 Å². The van der Waals surface area contributed by atoms with Gasteiger partial charge < -0.3 is 23.4 Å². The van der Waals surface area contributed by atoms with E-state index in [9.17, 15) is 9.59 Å². The van der Waals surface area contributed by atoms with Crippen LogP contribution in [0.2, 0.25) is 0 Å². The third kappa shape index (κ3) is 4.12. The predicted octanol–water partition coefficient (Wildman–Crippen LogP) is 4.62. The number of hydrogen-bond acceptors (Lipinski definition) is 7. The highest BCUT2D eigenvalue weighted by Gasteiger charge is 2.32. The molecule has 0 unspecified atom stereocenters. The van der Waals surface area contributed by atoms with E-state index in [0.717, 1.165) is 5.56 Å². The quantitative estimate of drug-likeness (QED) is 0.514. The summed E-state index contributed by atoms with van der Waals surface area (Å²) in [7, 11) is 0. The lowest BCUT2D eigenvalue weighted by atomic mass is 10.0. The van der Waals surface area contributed by atoms with Crippen LogP contribution >= 0.6 is 0 Å². The summed E-state index contributed by atoms with van der Waals surface area (Å²) in [5.74, 6) is 0.607. The van der Waals surface area contributed by atoms with E-state index in [0.29, 0.717) is 22.8 Å². The zero-order valence-corrected chi connectivity index (χ0v) is 17.3. The van der Waals surface area contributed by atoms with Crippen molar-refractivity contribution in [3.05, 3.63) is 71.0 Å². The van der Waals surface area contributed by atoms with Crippen molar-refractivity contribution in [1.29, 1.82) is 0 Å². The van der Waals surface area contributed by atoms with Crippen LogP contribution in [0, 0.1) is 0 Å². The molecule has 2 aromatic carbocycles. The lowest BCUT2D eigenvalue weighted by molar-refractivity contribution is 0.0480. The minimum atomic E-state index is -0.634. The zero-order valence-electron chi connectivity index (χ0n) is 17.3. The SMILES string of the molecule is CCOC(=O)c1c(Cc2ccc3c(c2)OCO3)oc(-c2ccccc2)c1C(=O)OCC. The van der Waals surface area contributed by atoms with Gasteiger partial charge in [-0.3, -0.25) is 0 Å². The molecule has 1 aliphatic heterocycles. The van der Waals surface area contributed by atoms with Crippen molar-refractivity contribution in [2.45, 2.75) is 20.3 Å². The normalized spacial score (nSPS) is 11.9. The molecule has 0 radical (unpaired) electrons. The Balaban J connectivity index is 1.84. The van der Waals surface area contributed by atoms with Crippen LogP contribution in [-0.2, 0) is 15.9 Å². The maximum absolute atomic E-state index is 12.9. The number of furan rings is 1. The van der Waals surface area contributed by atoms with E-state index < -0.39 is 11.9 Å². The second-order valence-corrected chi connectivity index (χ2v) is 6.78. The lowest BCUT2D eigenvalue weighted by Gasteiger charge is -2.07. The predicted molar refractivity (Wildman–Crippen MR) is 111 cm³/mol. The summed E-state index contributed by atoms with van der Waals surface area (Å²) in [6.45, 7) is 3.91. The summed E-state index contributed by atoms with van der Waals surface area (Å²) in [5.41, 5.74) is 1.64. The molecule has 0 atom stereocenters. The molecule has 0 amide bonds. The van der Waals surface area contributed by atoms with Gasteiger partial charge in [0.15, 0.2) is 11.5 Å². The van der Waals surface area contributed by atoms with Crippen LogP contribution in [0.5, 0.6) is 11.5 Å². The number of ether oxygens (including phenoxy) is 4. The van der Waals surface area contributed by atoms with Crippen molar-refractivity contribution in [2.75, 3.05) is 20.0 Å². The van der Waals surface area contributed by atoms with Gasteiger partial charge in [0.1, 0.15) is 22.6 Å². The monoisotopic (exact) mass is 422 g/mol. The average Bonchev–Trinajstić information content (AvgIpc) is 3.39. The highest BCUT2D eigenvalue weighted by Crippen LogP contribution is 2.37. The molecular formula is C24H22O7. The van der Waals surface area contributed by atoms with Crippen LogP contribution in [0.3, 0.4) is 0 Å². The summed E-state index contributed by atoms with van der Waals surface area (Å²) in [6.07, 6.45) is 0.254. The molecule has 2 heterocycles. The average molecular weight is 422 g/mol. The Morgan fingerprint density at radius 1 is 0.871 bits per heavy atom. The molecule has 3 aromatic rings. The van der Waals surface area contributed by atoms with Crippen LogP contribution in [0.15, 0.2) is 52.9 Å². The Labute approximate surface area is 179 Å². The molecule has 0 fully saturated rings. The number of benzene rings is 2. The number of carbonyl (C=O) groups is 2. The summed E-state index contributed by atoms with van der Waals surface area (Å²) < 4.78 is 27.4. The van der Waals surface area contributed by atoms with Crippen molar-refractivity contribution in [3.8, 4) is 22.8 Å². The molecule has 1 aromatic heterocycles. The molecule has 0 spiro atoms. The molecule has 7 nitrogen and oxygen atoms in total. The second-order valence-electron chi connectivity index (χ2n) is 6.78. The first kappa shape index (κ1) is 20.5. The van der Waals surface area contributed by atoms with Crippen LogP contribution < -0.4 is 9.47 Å². The van der Waals surface area contributed by atoms with Crippen molar-refractivity contribution < 1.29 is 33.0 Å². The minimum Gasteiger partial charge on any atom is -0.462 e. The fraction of sp³-hybridized carbons (Fsp3) is 0.250. The minimum absolute atomic E-state index is 0.0715. The Hall–Kier alpha value is -3.74. The van der Waals surface area contributed by atoms with Crippen molar-refractivity contribution in [2.24, 2.45) is 0 Å². The number of rotatable bonds is 7. The second kappa shape index (κ2) is 8.95. The van der Waals surface area contributed by atoms with Gasteiger partial charge in [-0.1, -0.05) is 36.4 Å². The third-order valence-electron chi connectivity index (χ3n) is 4.78. The molecule has 160 valence electrons. The summed E-state index contributed by atoms with van der Waals surface area (Å²) in [6, 6.07) is 14.6. The van der Waals surface area contributed by atoms with Gasteiger partial charge in [0.25, 0.3) is 0 Å². The van der Waals surface area contributed by atoms with Gasteiger partial charge in [-0.15, -0.1) is 0 Å². The Morgan fingerprint density at radius 3 is 2.26 bits per heavy atom. The van der Waals surface area contributed by atoms with Crippen molar-refractivity contribution in [1.82, 2.24) is 0 Å². The van der Waals surface area contributed by atoms with Gasteiger partial charge >= 0.3 is 11.9 Å². The Bertz CT molecular complexity index is 1100. The van der Waals surface area contributed by atoms with E-state index in [1.165, 1.54) is 0 Å². The number of carbonyl (C=O) groups excluding carboxylic acids is 2. The fourth-order valence-corrected chi connectivity index (χ4v) is 3.45. The lowest BCUT2D eigenvalue weighted by Crippen LogP contribution is -2.14. The van der Waals surface area contributed by atoms with Gasteiger partial charge in [0.2, 0.25) is 6.79 Å². The van der Waals surface area contributed by atoms with Gasteiger partial charge in [-0.25, -0.2) is 9.59 Å². The molecule has 0 bridgehead atoms. The molecule has 0 saturated carbocycles. The van der Waals surface area contributed by atoms with Gasteiger partial charge in [-0.05, 0) is 31.5 Å². The van der Waals surface area contributed by atoms with Crippen LogP contribution in [0.25, 0.3) is 11.3 Å². The first-order valence-electron chi connectivity index (χ1n) is 10.1. The molecule has 31 heavy (non-hydrogen) atoms. The number of fused-ring (bicyclic) bond motifs is 1. The first-order chi connectivity index (χ1) is 15.1. The highest BCUT2D eigenvalue weighted by atomic mass is 16.7. The molecule has 1 aliphatic rings. The topological polar surface area (TPSA) is 84.2 Å².